The predicted molar refractivity (Wildman–Crippen MR) is 86.9 cm³/mol. The van der Waals surface area contributed by atoms with Crippen LogP contribution in [0.2, 0.25) is 0 Å². The molecule has 0 aliphatic heterocycles. The first-order valence-corrected chi connectivity index (χ1v) is 7.29. The summed E-state index contributed by atoms with van der Waals surface area (Å²) >= 11 is 0. The maximum Gasteiger partial charge on any atom is 0.222 e. The second kappa shape index (κ2) is 11.7. The molecule has 2 N–H and O–H groups in total. The molecular formula is C16H27ClN2O. The van der Waals surface area contributed by atoms with E-state index in [1.54, 1.807) is 0 Å². The molecule has 1 aromatic rings. The van der Waals surface area contributed by atoms with Crippen LogP contribution < -0.4 is 5.73 Å². The van der Waals surface area contributed by atoms with Crippen molar-refractivity contribution in [3.05, 3.63) is 35.9 Å². The van der Waals surface area contributed by atoms with Crippen molar-refractivity contribution in [1.82, 2.24) is 4.90 Å². The Morgan fingerprint density at radius 3 is 2.35 bits per heavy atom. The number of unbranched alkanes of at least 4 members (excludes halogenated alkanes) is 3. The fourth-order valence-electron chi connectivity index (χ4n) is 2.11. The Hall–Kier alpha value is -1.06. The maximum atomic E-state index is 12.1. The topological polar surface area (TPSA) is 46.3 Å². The lowest BCUT2D eigenvalue weighted by molar-refractivity contribution is -0.131. The van der Waals surface area contributed by atoms with Crippen molar-refractivity contribution in [3.8, 4) is 0 Å². The molecule has 4 heteroatoms. The molecule has 0 unspecified atom stereocenters. The molecule has 0 aliphatic rings. The van der Waals surface area contributed by atoms with Crippen LogP contribution in [0.4, 0.5) is 0 Å². The van der Waals surface area contributed by atoms with Gasteiger partial charge in [0, 0.05) is 19.5 Å². The number of hydrogen-bond acceptors (Lipinski definition) is 2. The molecule has 0 atom stereocenters. The summed E-state index contributed by atoms with van der Waals surface area (Å²) in [7, 11) is 0. The van der Waals surface area contributed by atoms with E-state index in [1.165, 1.54) is 5.56 Å². The molecule has 0 radical (unpaired) electrons. The molecule has 1 rings (SSSR count). The van der Waals surface area contributed by atoms with Gasteiger partial charge in [0.05, 0.1) is 0 Å². The first-order valence-electron chi connectivity index (χ1n) is 7.29. The lowest BCUT2D eigenvalue weighted by atomic mass is 10.1. The molecule has 3 nitrogen and oxygen atoms in total. The van der Waals surface area contributed by atoms with Gasteiger partial charge in [-0.15, -0.1) is 12.4 Å². The van der Waals surface area contributed by atoms with E-state index in [0.29, 0.717) is 6.42 Å². The quantitative estimate of drug-likeness (QED) is 0.711. The minimum atomic E-state index is 0. The van der Waals surface area contributed by atoms with E-state index in [0.717, 1.165) is 45.3 Å². The molecule has 0 heterocycles. The first-order chi connectivity index (χ1) is 9.27. The Balaban J connectivity index is 0.00000361. The maximum absolute atomic E-state index is 12.1. The summed E-state index contributed by atoms with van der Waals surface area (Å²) in [5.41, 5.74) is 6.65. The van der Waals surface area contributed by atoms with Crippen molar-refractivity contribution in [1.29, 1.82) is 0 Å². The van der Waals surface area contributed by atoms with Crippen LogP contribution in [0.5, 0.6) is 0 Å². The van der Waals surface area contributed by atoms with Gasteiger partial charge < -0.3 is 10.6 Å². The second-order valence-corrected chi connectivity index (χ2v) is 4.85. The van der Waals surface area contributed by atoms with E-state index >= 15 is 0 Å². The summed E-state index contributed by atoms with van der Waals surface area (Å²) in [6, 6.07) is 10.2. The van der Waals surface area contributed by atoms with Gasteiger partial charge in [-0.2, -0.15) is 0 Å². The Morgan fingerprint density at radius 2 is 1.75 bits per heavy atom. The van der Waals surface area contributed by atoms with Gasteiger partial charge >= 0.3 is 0 Å². The SMILES string of the molecule is CCN(Cc1ccccc1)C(=O)CCCCCCN.Cl. The summed E-state index contributed by atoms with van der Waals surface area (Å²) < 4.78 is 0. The van der Waals surface area contributed by atoms with Crippen LogP contribution in [-0.4, -0.2) is 23.9 Å². The summed E-state index contributed by atoms with van der Waals surface area (Å²) in [5, 5.41) is 0. The van der Waals surface area contributed by atoms with Crippen LogP contribution in [0.1, 0.15) is 44.6 Å². The molecule has 0 fully saturated rings. The normalized spacial score (nSPS) is 9.90. The molecule has 1 amide bonds. The molecule has 0 aliphatic carbocycles. The zero-order chi connectivity index (χ0) is 13.9. The van der Waals surface area contributed by atoms with Crippen LogP contribution in [-0.2, 0) is 11.3 Å². The Morgan fingerprint density at radius 1 is 1.10 bits per heavy atom. The Kier molecular flexibility index (Phi) is 11.1. The van der Waals surface area contributed by atoms with Gasteiger partial charge in [0.2, 0.25) is 5.91 Å². The fourth-order valence-corrected chi connectivity index (χ4v) is 2.11. The number of halogens is 1. The lowest BCUT2D eigenvalue weighted by Crippen LogP contribution is -2.30. The lowest BCUT2D eigenvalue weighted by Gasteiger charge is -2.21. The third kappa shape index (κ3) is 7.51. The number of hydrogen-bond donors (Lipinski definition) is 1. The smallest absolute Gasteiger partial charge is 0.222 e. The molecule has 20 heavy (non-hydrogen) atoms. The number of carbonyl (C=O) groups excluding carboxylic acids is 1. The largest absolute Gasteiger partial charge is 0.339 e. The van der Waals surface area contributed by atoms with Gasteiger partial charge in [-0.05, 0) is 31.9 Å². The minimum Gasteiger partial charge on any atom is -0.339 e. The standard InChI is InChI=1S/C16H26N2O.ClH/c1-2-18(14-15-10-6-5-7-11-15)16(19)12-8-3-4-9-13-17;/h5-7,10-11H,2-4,8-9,12-14,17H2,1H3;1H. The van der Waals surface area contributed by atoms with Crippen LogP contribution in [0.15, 0.2) is 30.3 Å². The summed E-state index contributed by atoms with van der Waals surface area (Å²) in [4.78, 5) is 14.0. The van der Waals surface area contributed by atoms with E-state index < -0.39 is 0 Å². The Labute approximate surface area is 128 Å². The predicted octanol–water partition coefficient (Wildman–Crippen LogP) is 3.37. The van der Waals surface area contributed by atoms with Crippen molar-refractivity contribution in [3.63, 3.8) is 0 Å². The highest BCUT2D eigenvalue weighted by Crippen LogP contribution is 2.09. The van der Waals surface area contributed by atoms with Crippen molar-refractivity contribution < 1.29 is 4.79 Å². The summed E-state index contributed by atoms with van der Waals surface area (Å²) in [6.45, 7) is 4.29. The molecule has 0 aromatic heterocycles. The van der Waals surface area contributed by atoms with Crippen molar-refractivity contribution in [2.75, 3.05) is 13.1 Å². The number of carbonyl (C=O) groups is 1. The van der Waals surface area contributed by atoms with Gasteiger partial charge in [0.15, 0.2) is 0 Å². The number of nitrogens with two attached hydrogens (primary N) is 1. The highest BCUT2D eigenvalue weighted by atomic mass is 35.5. The fraction of sp³-hybridized carbons (Fsp3) is 0.562. The Bertz CT molecular complexity index is 357. The number of nitrogens with zero attached hydrogens (tertiary/aromatic N) is 1. The minimum absolute atomic E-state index is 0. The van der Waals surface area contributed by atoms with Crippen molar-refractivity contribution >= 4 is 18.3 Å². The van der Waals surface area contributed by atoms with Crippen molar-refractivity contribution in [2.45, 2.75) is 45.6 Å². The van der Waals surface area contributed by atoms with Crippen LogP contribution in [0.25, 0.3) is 0 Å². The number of amides is 1. The average Bonchev–Trinajstić information content (AvgIpc) is 2.45. The zero-order valence-corrected chi connectivity index (χ0v) is 13.2. The van der Waals surface area contributed by atoms with E-state index in [4.69, 9.17) is 5.73 Å². The molecular weight excluding hydrogens is 272 g/mol. The average molecular weight is 299 g/mol. The molecule has 0 saturated heterocycles. The van der Waals surface area contributed by atoms with Gasteiger partial charge in [0.25, 0.3) is 0 Å². The van der Waals surface area contributed by atoms with Gasteiger partial charge in [0.1, 0.15) is 0 Å². The van der Waals surface area contributed by atoms with Crippen LogP contribution >= 0.6 is 12.4 Å². The van der Waals surface area contributed by atoms with Crippen LogP contribution in [0, 0.1) is 0 Å². The monoisotopic (exact) mass is 298 g/mol. The first kappa shape index (κ1) is 18.9. The molecule has 0 spiro atoms. The van der Waals surface area contributed by atoms with E-state index in [-0.39, 0.29) is 18.3 Å². The molecule has 1 aromatic carbocycles. The van der Waals surface area contributed by atoms with E-state index in [1.807, 2.05) is 30.0 Å². The third-order valence-electron chi connectivity index (χ3n) is 3.30. The highest BCUT2D eigenvalue weighted by Gasteiger charge is 2.11. The highest BCUT2D eigenvalue weighted by molar-refractivity contribution is 5.85. The zero-order valence-electron chi connectivity index (χ0n) is 12.4. The van der Waals surface area contributed by atoms with Gasteiger partial charge in [-0.25, -0.2) is 0 Å². The second-order valence-electron chi connectivity index (χ2n) is 4.85. The van der Waals surface area contributed by atoms with Crippen LogP contribution in [0.3, 0.4) is 0 Å². The molecule has 114 valence electrons. The van der Waals surface area contributed by atoms with Gasteiger partial charge in [-0.1, -0.05) is 43.2 Å². The number of rotatable bonds is 9. The van der Waals surface area contributed by atoms with E-state index in [9.17, 15) is 4.79 Å². The van der Waals surface area contributed by atoms with Crippen molar-refractivity contribution in [2.24, 2.45) is 5.73 Å². The molecule has 0 bridgehead atoms. The van der Waals surface area contributed by atoms with E-state index in [2.05, 4.69) is 12.1 Å². The van der Waals surface area contributed by atoms with Gasteiger partial charge in [-0.3, -0.25) is 4.79 Å². The third-order valence-corrected chi connectivity index (χ3v) is 3.30. The number of benzene rings is 1. The summed E-state index contributed by atoms with van der Waals surface area (Å²) in [6.07, 6.45) is 4.94. The molecule has 0 saturated carbocycles. The summed E-state index contributed by atoms with van der Waals surface area (Å²) in [5.74, 6) is 0.263.